The maximum absolute atomic E-state index is 13.2. The third kappa shape index (κ3) is 5.24. The molecule has 4 heterocycles. The van der Waals surface area contributed by atoms with Crippen molar-refractivity contribution in [3.8, 4) is 0 Å². The number of ether oxygens (including phenoxy) is 1. The highest BCUT2D eigenvalue weighted by molar-refractivity contribution is 7.12. The summed E-state index contributed by atoms with van der Waals surface area (Å²) in [6.07, 6.45) is 6.18. The number of nitrogens with one attached hydrogen (secondary N) is 1. The molecule has 0 atom stereocenters. The Morgan fingerprint density at radius 2 is 2.06 bits per heavy atom. The average molecular weight is 452 g/mol. The molecule has 0 bridgehead atoms. The van der Waals surface area contributed by atoms with Crippen LogP contribution in [0.5, 0.6) is 0 Å². The second kappa shape index (κ2) is 9.09. The number of pyridine rings is 1. The van der Waals surface area contributed by atoms with Gasteiger partial charge in [0.1, 0.15) is 18.1 Å². The highest BCUT2D eigenvalue weighted by Gasteiger charge is 2.20. The summed E-state index contributed by atoms with van der Waals surface area (Å²) in [4.78, 5) is 27.2. The van der Waals surface area contributed by atoms with Gasteiger partial charge in [0.2, 0.25) is 11.7 Å². The van der Waals surface area contributed by atoms with Gasteiger partial charge in [0, 0.05) is 36.8 Å². The molecule has 0 unspecified atom stereocenters. The van der Waals surface area contributed by atoms with Gasteiger partial charge < -0.3 is 14.6 Å². The second-order valence-electron chi connectivity index (χ2n) is 8.48. The van der Waals surface area contributed by atoms with Crippen LogP contribution in [-0.2, 0) is 18.0 Å². The molecular formula is C22H25N5O2SSi. The first-order valence-electron chi connectivity index (χ1n) is 10.1. The summed E-state index contributed by atoms with van der Waals surface area (Å²) in [5.74, 6) is 0.300. The standard InChI is InChI=1S/C22H25N5O2SSi/c1-31(2,3)15-29-14-27-10-8-17-19(20(28)18-7-5-11-30-18)25-22(26-21(17)27)24-13-16-6-4-9-23-12-16/h4-12H,13-15H2,1-3H3,(H,24,25,26). The van der Waals surface area contributed by atoms with Crippen LogP contribution in [0.15, 0.2) is 54.3 Å². The van der Waals surface area contributed by atoms with Crippen LogP contribution in [0.25, 0.3) is 11.0 Å². The quantitative estimate of drug-likeness (QED) is 0.296. The number of fused-ring (bicyclic) bond motifs is 1. The van der Waals surface area contributed by atoms with E-state index >= 15 is 0 Å². The summed E-state index contributed by atoms with van der Waals surface area (Å²) in [6.45, 7) is 7.70. The van der Waals surface area contributed by atoms with E-state index in [2.05, 4.69) is 34.9 Å². The monoisotopic (exact) mass is 451 g/mol. The van der Waals surface area contributed by atoms with Gasteiger partial charge in [-0.2, -0.15) is 4.98 Å². The lowest BCUT2D eigenvalue weighted by Crippen LogP contribution is -2.28. The fourth-order valence-corrected chi connectivity index (χ4v) is 4.45. The number of carbonyl (C=O) groups excluding carboxylic acids is 1. The van der Waals surface area contributed by atoms with E-state index in [1.165, 1.54) is 11.3 Å². The predicted molar refractivity (Wildman–Crippen MR) is 126 cm³/mol. The fourth-order valence-electron chi connectivity index (χ4n) is 3.08. The first-order chi connectivity index (χ1) is 14.9. The van der Waals surface area contributed by atoms with Gasteiger partial charge in [0.15, 0.2) is 0 Å². The molecule has 0 saturated carbocycles. The molecule has 0 aliphatic rings. The van der Waals surface area contributed by atoms with Crippen LogP contribution in [0, 0.1) is 0 Å². The third-order valence-electron chi connectivity index (χ3n) is 4.52. The second-order valence-corrected chi connectivity index (χ2v) is 14.8. The molecule has 0 amide bonds. The zero-order valence-corrected chi connectivity index (χ0v) is 19.6. The van der Waals surface area contributed by atoms with Crippen molar-refractivity contribution in [3.05, 3.63) is 70.4 Å². The van der Waals surface area contributed by atoms with Crippen LogP contribution in [0.1, 0.15) is 20.9 Å². The van der Waals surface area contributed by atoms with Crippen LogP contribution < -0.4 is 5.32 Å². The molecule has 0 aromatic carbocycles. The summed E-state index contributed by atoms with van der Waals surface area (Å²) >= 11 is 1.41. The summed E-state index contributed by atoms with van der Waals surface area (Å²) in [5.41, 5.74) is 2.08. The van der Waals surface area contributed by atoms with Crippen LogP contribution >= 0.6 is 11.3 Å². The van der Waals surface area contributed by atoms with Crippen LogP contribution in [-0.4, -0.2) is 39.6 Å². The molecule has 4 aromatic heterocycles. The van der Waals surface area contributed by atoms with Gasteiger partial charge in [-0.05, 0) is 29.1 Å². The molecule has 4 aromatic rings. The zero-order chi connectivity index (χ0) is 21.8. The Morgan fingerprint density at radius 1 is 1.19 bits per heavy atom. The Bertz CT molecular complexity index is 1170. The van der Waals surface area contributed by atoms with Crippen LogP contribution in [0.3, 0.4) is 0 Å². The van der Waals surface area contributed by atoms with E-state index in [-0.39, 0.29) is 5.78 Å². The van der Waals surface area contributed by atoms with Crippen molar-refractivity contribution < 1.29 is 9.53 Å². The van der Waals surface area contributed by atoms with Crippen LogP contribution in [0.2, 0.25) is 19.6 Å². The van der Waals surface area contributed by atoms with E-state index in [0.717, 1.165) is 17.2 Å². The van der Waals surface area contributed by atoms with Gasteiger partial charge in [0.25, 0.3) is 0 Å². The molecule has 31 heavy (non-hydrogen) atoms. The Balaban J connectivity index is 1.67. The molecule has 9 heteroatoms. The number of rotatable bonds is 9. The SMILES string of the molecule is C[Si](C)(C)COCn1ccc2c(C(=O)c3cccs3)nc(NCc3cccnc3)nc21. The van der Waals surface area contributed by atoms with Gasteiger partial charge in [-0.3, -0.25) is 9.78 Å². The minimum absolute atomic E-state index is 0.104. The van der Waals surface area contributed by atoms with Gasteiger partial charge in [0.05, 0.1) is 13.0 Å². The topological polar surface area (TPSA) is 81.9 Å². The van der Waals surface area contributed by atoms with Crippen molar-refractivity contribution >= 4 is 42.2 Å². The van der Waals surface area contributed by atoms with E-state index in [1.807, 2.05) is 46.5 Å². The third-order valence-corrected chi connectivity index (χ3v) is 6.46. The Morgan fingerprint density at radius 3 is 2.77 bits per heavy atom. The average Bonchev–Trinajstić information content (AvgIpc) is 3.42. The Hall–Kier alpha value is -2.88. The van der Waals surface area contributed by atoms with Crippen molar-refractivity contribution in [1.82, 2.24) is 19.5 Å². The molecule has 0 fully saturated rings. The van der Waals surface area contributed by atoms with Crippen molar-refractivity contribution in [2.24, 2.45) is 0 Å². The van der Waals surface area contributed by atoms with Crippen LogP contribution in [0.4, 0.5) is 5.95 Å². The fraction of sp³-hybridized carbons (Fsp3) is 0.273. The lowest BCUT2D eigenvalue weighted by molar-refractivity contribution is 0.103. The molecule has 0 spiro atoms. The molecule has 0 aliphatic carbocycles. The van der Waals surface area contributed by atoms with E-state index < -0.39 is 8.07 Å². The van der Waals surface area contributed by atoms with Gasteiger partial charge in [-0.25, -0.2) is 4.98 Å². The van der Waals surface area contributed by atoms with E-state index in [1.54, 1.807) is 12.4 Å². The normalized spacial score (nSPS) is 11.7. The highest BCUT2D eigenvalue weighted by atomic mass is 32.1. The molecule has 0 aliphatic heterocycles. The Kier molecular flexibility index (Phi) is 6.26. The number of aromatic nitrogens is 4. The Labute approximate surface area is 186 Å². The van der Waals surface area contributed by atoms with Gasteiger partial charge in [-0.15, -0.1) is 11.3 Å². The molecule has 0 saturated heterocycles. The predicted octanol–water partition coefficient (Wildman–Crippen LogP) is 4.58. The van der Waals surface area contributed by atoms with Crippen molar-refractivity contribution in [2.45, 2.75) is 32.9 Å². The van der Waals surface area contributed by atoms with E-state index in [4.69, 9.17) is 9.72 Å². The highest BCUT2D eigenvalue weighted by Crippen LogP contribution is 2.24. The molecular weight excluding hydrogens is 426 g/mol. The van der Waals surface area contributed by atoms with Gasteiger partial charge in [-0.1, -0.05) is 31.8 Å². The molecule has 0 radical (unpaired) electrons. The van der Waals surface area contributed by atoms with E-state index in [9.17, 15) is 4.79 Å². The number of hydrogen-bond donors (Lipinski definition) is 1. The largest absolute Gasteiger partial charge is 0.364 e. The number of carbonyl (C=O) groups is 1. The lowest BCUT2D eigenvalue weighted by atomic mass is 10.2. The first-order valence-corrected chi connectivity index (χ1v) is 14.6. The lowest BCUT2D eigenvalue weighted by Gasteiger charge is -2.16. The van der Waals surface area contributed by atoms with Crippen molar-refractivity contribution in [1.29, 1.82) is 0 Å². The molecule has 7 nitrogen and oxygen atoms in total. The summed E-state index contributed by atoms with van der Waals surface area (Å²) in [6, 6.07) is 9.43. The number of anilines is 1. The minimum Gasteiger partial charge on any atom is -0.364 e. The first kappa shape index (κ1) is 21.4. The number of nitrogens with zero attached hydrogens (tertiary/aromatic N) is 4. The van der Waals surface area contributed by atoms with Crippen molar-refractivity contribution in [2.75, 3.05) is 11.5 Å². The van der Waals surface area contributed by atoms with E-state index in [0.29, 0.717) is 35.4 Å². The summed E-state index contributed by atoms with van der Waals surface area (Å²) in [5, 5.41) is 5.85. The minimum atomic E-state index is -1.32. The van der Waals surface area contributed by atoms with Gasteiger partial charge >= 0.3 is 0 Å². The maximum Gasteiger partial charge on any atom is 0.225 e. The number of ketones is 1. The van der Waals surface area contributed by atoms with Crippen molar-refractivity contribution in [3.63, 3.8) is 0 Å². The number of hydrogen-bond acceptors (Lipinski definition) is 7. The summed E-state index contributed by atoms with van der Waals surface area (Å²) in [7, 11) is -1.32. The number of thiophene rings is 1. The molecule has 1 N–H and O–H groups in total. The smallest absolute Gasteiger partial charge is 0.225 e. The molecule has 4 rings (SSSR count). The maximum atomic E-state index is 13.2. The summed E-state index contributed by atoms with van der Waals surface area (Å²) < 4.78 is 7.87. The zero-order valence-electron chi connectivity index (χ0n) is 17.8. The molecule has 160 valence electrons.